The number of hydrogen-bond donors (Lipinski definition) is 3. The Kier molecular flexibility index (Phi) is 6.94. The lowest BCUT2D eigenvalue weighted by Gasteiger charge is -2.51. The van der Waals surface area contributed by atoms with E-state index in [1.54, 1.807) is 17.0 Å². The molecule has 2 aromatic rings. The van der Waals surface area contributed by atoms with E-state index in [1.165, 1.54) is 0 Å². The van der Waals surface area contributed by atoms with Crippen LogP contribution in [0.1, 0.15) is 45.2 Å². The normalized spacial score (nSPS) is 21.2. The summed E-state index contributed by atoms with van der Waals surface area (Å²) in [5.74, 6) is -0.202. The zero-order valence-electron chi connectivity index (χ0n) is 19.7. The van der Waals surface area contributed by atoms with Crippen LogP contribution in [0.4, 0.5) is 10.5 Å². The van der Waals surface area contributed by atoms with E-state index < -0.39 is 23.1 Å². The van der Waals surface area contributed by atoms with Crippen molar-refractivity contribution < 1.29 is 14.7 Å². The van der Waals surface area contributed by atoms with Crippen molar-refractivity contribution >= 4 is 17.6 Å². The number of hydrogen-bond acceptors (Lipinski definition) is 3. The third-order valence-electron chi connectivity index (χ3n) is 6.54. The van der Waals surface area contributed by atoms with Crippen molar-refractivity contribution in [2.75, 3.05) is 18.4 Å². The highest BCUT2D eigenvalue weighted by molar-refractivity contribution is 5.93. The summed E-state index contributed by atoms with van der Waals surface area (Å²) in [5.41, 5.74) is 1.11. The van der Waals surface area contributed by atoms with Crippen LogP contribution in [0.5, 0.6) is 0 Å². The van der Waals surface area contributed by atoms with E-state index in [4.69, 9.17) is 0 Å². The van der Waals surface area contributed by atoms with Gasteiger partial charge in [-0.25, -0.2) is 4.79 Å². The van der Waals surface area contributed by atoms with Crippen LogP contribution >= 0.6 is 0 Å². The molecule has 3 rings (SSSR count). The number of likely N-dealkylation sites (tertiary alicyclic amines) is 1. The van der Waals surface area contributed by atoms with E-state index in [1.807, 2.05) is 77.1 Å². The van der Waals surface area contributed by atoms with E-state index in [-0.39, 0.29) is 11.8 Å². The van der Waals surface area contributed by atoms with E-state index in [0.717, 1.165) is 11.1 Å². The number of carbonyl (C=O) groups excluding carboxylic acids is 2. The Balaban J connectivity index is 1.71. The summed E-state index contributed by atoms with van der Waals surface area (Å²) in [5, 5.41) is 17.2. The van der Waals surface area contributed by atoms with Crippen LogP contribution in [-0.4, -0.2) is 41.1 Å². The maximum atomic E-state index is 13.4. The summed E-state index contributed by atoms with van der Waals surface area (Å²) < 4.78 is 0. The zero-order chi connectivity index (χ0) is 23.5. The van der Waals surface area contributed by atoms with Crippen LogP contribution in [0.15, 0.2) is 54.6 Å². The number of amides is 3. The molecule has 32 heavy (non-hydrogen) atoms. The van der Waals surface area contributed by atoms with Crippen LogP contribution in [0.25, 0.3) is 0 Å². The molecule has 2 aromatic carbocycles. The van der Waals surface area contributed by atoms with Crippen molar-refractivity contribution in [2.24, 2.45) is 11.3 Å². The summed E-state index contributed by atoms with van der Waals surface area (Å²) in [6.07, 6.45) is 0.440. The number of para-hydroxylation sites is 1. The summed E-state index contributed by atoms with van der Waals surface area (Å²) in [4.78, 5) is 27.7. The summed E-state index contributed by atoms with van der Waals surface area (Å²) >= 11 is 0. The van der Waals surface area contributed by atoms with Gasteiger partial charge in [0.2, 0.25) is 5.91 Å². The molecular weight excluding hydrogens is 402 g/mol. The number of anilines is 1. The number of urea groups is 1. The van der Waals surface area contributed by atoms with Gasteiger partial charge in [0.05, 0.1) is 5.60 Å². The first kappa shape index (κ1) is 23.8. The fourth-order valence-corrected chi connectivity index (χ4v) is 4.41. The Bertz CT molecular complexity index is 941. The largest absolute Gasteiger partial charge is 0.384 e. The predicted octanol–water partition coefficient (Wildman–Crippen LogP) is 4.29. The first-order chi connectivity index (χ1) is 15.0. The molecule has 3 amide bonds. The second kappa shape index (κ2) is 9.33. The number of aryl methyl sites for hydroxylation is 1. The van der Waals surface area contributed by atoms with Crippen LogP contribution in [0.2, 0.25) is 0 Å². The van der Waals surface area contributed by atoms with E-state index in [0.29, 0.717) is 25.2 Å². The van der Waals surface area contributed by atoms with Gasteiger partial charge < -0.3 is 20.6 Å². The molecule has 172 valence electrons. The number of piperidine rings is 1. The number of rotatable bonds is 5. The van der Waals surface area contributed by atoms with Crippen molar-refractivity contribution in [3.05, 3.63) is 65.7 Å². The minimum absolute atomic E-state index is 0.0787. The lowest BCUT2D eigenvalue weighted by Crippen LogP contribution is -2.60. The molecule has 0 aromatic heterocycles. The molecule has 6 heteroatoms. The third kappa shape index (κ3) is 4.96. The van der Waals surface area contributed by atoms with Crippen molar-refractivity contribution in [3.8, 4) is 0 Å². The Morgan fingerprint density at radius 1 is 1.03 bits per heavy atom. The first-order valence-corrected chi connectivity index (χ1v) is 11.2. The van der Waals surface area contributed by atoms with E-state index in [2.05, 4.69) is 10.6 Å². The van der Waals surface area contributed by atoms with Crippen LogP contribution in [-0.2, 0) is 10.4 Å². The Labute approximate surface area is 191 Å². The Morgan fingerprint density at radius 2 is 1.66 bits per heavy atom. The van der Waals surface area contributed by atoms with E-state index >= 15 is 0 Å². The minimum atomic E-state index is -1.02. The lowest BCUT2D eigenvalue weighted by atomic mass is 9.66. The molecule has 1 saturated heterocycles. The van der Waals surface area contributed by atoms with Gasteiger partial charge in [-0.3, -0.25) is 4.79 Å². The average Bonchev–Trinajstić information content (AvgIpc) is 2.74. The van der Waals surface area contributed by atoms with Gasteiger partial charge in [-0.15, -0.1) is 0 Å². The minimum Gasteiger partial charge on any atom is -0.384 e. The average molecular weight is 438 g/mol. The standard InChI is InChI=1S/C26H35N3O3/c1-18(2)22(28-24(31)27-21-9-7-6-8-10-21)23(30)29-16-15-26(32,25(4,5)17-29)20-13-11-19(3)12-14-20/h6-14,18,22,32H,15-17H2,1-5H3,(H2,27,28,31)/t22-,26?/m1/s1. The topological polar surface area (TPSA) is 81.7 Å². The molecular formula is C26H35N3O3. The smallest absolute Gasteiger partial charge is 0.319 e. The first-order valence-electron chi connectivity index (χ1n) is 11.2. The fraction of sp³-hybridized carbons (Fsp3) is 0.462. The van der Waals surface area contributed by atoms with Crippen molar-refractivity contribution in [1.82, 2.24) is 10.2 Å². The molecule has 2 atom stereocenters. The summed E-state index contributed by atoms with van der Waals surface area (Å²) in [6, 6.07) is 16.0. The third-order valence-corrected chi connectivity index (χ3v) is 6.54. The molecule has 0 aliphatic carbocycles. The highest BCUT2D eigenvalue weighted by atomic mass is 16.3. The Hall–Kier alpha value is -2.86. The molecule has 1 fully saturated rings. The van der Waals surface area contributed by atoms with Gasteiger partial charge in [0.1, 0.15) is 6.04 Å². The highest BCUT2D eigenvalue weighted by Gasteiger charge is 2.50. The van der Waals surface area contributed by atoms with Crippen LogP contribution in [0, 0.1) is 18.3 Å². The van der Waals surface area contributed by atoms with Gasteiger partial charge in [0.15, 0.2) is 0 Å². The highest BCUT2D eigenvalue weighted by Crippen LogP contribution is 2.46. The summed E-state index contributed by atoms with van der Waals surface area (Å²) in [7, 11) is 0. The maximum absolute atomic E-state index is 13.4. The second-order valence-corrected chi connectivity index (χ2v) is 9.81. The zero-order valence-corrected chi connectivity index (χ0v) is 19.7. The molecule has 0 spiro atoms. The summed E-state index contributed by atoms with van der Waals surface area (Å²) in [6.45, 7) is 10.7. The number of nitrogens with zero attached hydrogens (tertiary/aromatic N) is 1. The van der Waals surface area contributed by atoms with Crippen molar-refractivity contribution in [1.29, 1.82) is 0 Å². The molecule has 1 aliphatic rings. The SMILES string of the molecule is Cc1ccc(C2(O)CCN(C(=O)[C@H](NC(=O)Nc3ccccc3)C(C)C)CC2(C)C)cc1. The van der Waals surface area contributed by atoms with Gasteiger partial charge in [0.25, 0.3) is 0 Å². The van der Waals surface area contributed by atoms with E-state index in [9.17, 15) is 14.7 Å². The molecule has 0 bridgehead atoms. The predicted molar refractivity (Wildman–Crippen MR) is 127 cm³/mol. The number of carbonyl (C=O) groups is 2. The molecule has 0 saturated carbocycles. The molecule has 0 radical (unpaired) electrons. The van der Waals surface area contributed by atoms with Gasteiger partial charge >= 0.3 is 6.03 Å². The van der Waals surface area contributed by atoms with Gasteiger partial charge in [0, 0.05) is 24.2 Å². The molecule has 3 N–H and O–H groups in total. The molecule has 1 unspecified atom stereocenters. The number of benzene rings is 2. The fourth-order valence-electron chi connectivity index (χ4n) is 4.41. The Morgan fingerprint density at radius 3 is 2.22 bits per heavy atom. The maximum Gasteiger partial charge on any atom is 0.319 e. The molecule has 1 aliphatic heterocycles. The van der Waals surface area contributed by atoms with Crippen LogP contribution in [0.3, 0.4) is 0 Å². The lowest BCUT2D eigenvalue weighted by molar-refractivity contribution is -0.155. The number of aliphatic hydroxyl groups is 1. The second-order valence-electron chi connectivity index (χ2n) is 9.81. The number of nitrogens with one attached hydrogen (secondary N) is 2. The van der Waals surface area contributed by atoms with Gasteiger partial charge in [-0.2, -0.15) is 0 Å². The monoisotopic (exact) mass is 437 g/mol. The quantitative estimate of drug-likeness (QED) is 0.653. The van der Waals surface area contributed by atoms with Gasteiger partial charge in [-0.1, -0.05) is 75.7 Å². The van der Waals surface area contributed by atoms with Gasteiger partial charge in [-0.05, 0) is 37.0 Å². The van der Waals surface area contributed by atoms with Crippen molar-refractivity contribution in [3.63, 3.8) is 0 Å². The van der Waals surface area contributed by atoms with Crippen LogP contribution < -0.4 is 10.6 Å². The van der Waals surface area contributed by atoms with Crippen molar-refractivity contribution in [2.45, 2.75) is 52.7 Å². The molecule has 1 heterocycles. The molecule has 6 nitrogen and oxygen atoms in total.